The lowest BCUT2D eigenvalue weighted by Gasteiger charge is -2.12. The number of aromatic nitrogens is 1. The summed E-state index contributed by atoms with van der Waals surface area (Å²) in [6.07, 6.45) is 7.36. The van der Waals surface area contributed by atoms with Gasteiger partial charge in [0.1, 0.15) is 5.82 Å². The molecule has 0 fully saturated rings. The normalized spacial score (nSPS) is 15.1. The fraction of sp³-hybridized carbons (Fsp3) is 0.467. The van der Waals surface area contributed by atoms with E-state index in [9.17, 15) is 4.79 Å². The third-order valence-corrected chi connectivity index (χ3v) is 3.14. The Morgan fingerprint density at radius 2 is 2.17 bits per heavy atom. The standard InChI is InChI=1S/C15H20N2O/c1-11-8-12(2)16-14(9-11)17-15(18)10-13-6-4-3-5-7-13/h6,8-9H,3-5,7,10H2,1-2H3,(H,16,17,18). The summed E-state index contributed by atoms with van der Waals surface area (Å²) in [5.74, 6) is 0.703. The van der Waals surface area contributed by atoms with Crippen LogP contribution in [0.15, 0.2) is 23.8 Å². The van der Waals surface area contributed by atoms with Gasteiger partial charge in [-0.1, -0.05) is 11.6 Å². The number of hydrogen-bond acceptors (Lipinski definition) is 2. The van der Waals surface area contributed by atoms with Crippen molar-refractivity contribution in [2.75, 3.05) is 5.32 Å². The number of amides is 1. The van der Waals surface area contributed by atoms with Crippen LogP contribution < -0.4 is 5.32 Å². The van der Waals surface area contributed by atoms with Gasteiger partial charge in [0.15, 0.2) is 0 Å². The molecule has 1 heterocycles. The second kappa shape index (κ2) is 5.80. The average molecular weight is 244 g/mol. The molecule has 0 aromatic carbocycles. The summed E-state index contributed by atoms with van der Waals surface area (Å²) in [7, 11) is 0. The predicted molar refractivity (Wildman–Crippen MR) is 73.5 cm³/mol. The lowest BCUT2D eigenvalue weighted by Crippen LogP contribution is -2.14. The van der Waals surface area contributed by atoms with Crippen LogP contribution in [0.2, 0.25) is 0 Å². The Hall–Kier alpha value is -1.64. The van der Waals surface area contributed by atoms with Crippen molar-refractivity contribution in [2.24, 2.45) is 0 Å². The minimum Gasteiger partial charge on any atom is -0.310 e. The number of anilines is 1. The number of allylic oxidation sites excluding steroid dienone is 1. The molecule has 0 radical (unpaired) electrons. The van der Waals surface area contributed by atoms with Gasteiger partial charge in [-0.15, -0.1) is 0 Å². The van der Waals surface area contributed by atoms with E-state index < -0.39 is 0 Å². The predicted octanol–water partition coefficient (Wildman–Crippen LogP) is 3.53. The van der Waals surface area contributed by atoms with Crippen molar-refractivity contribution in [3.63, 3.8) is 0 Å². The molecular weight excluding hydrogens is 224 g/mol. The van der Waals surface area contributed by atoms with E-state index in [1.54, 1.807) is 0 Å². The molecule has 0 unspecified atom stereocenters. The first kappa shape index (κ1) is 12.8. The minimum atomic E-state index is 0.0423. The second-order valence-corrected chi connectivity index (χ2v) is 5.00. The highest BCUT2D eigenvalue weighted by Gasteiger charge is 2.10. The van der Waals surface area contributed by atoms with Crippen molar-refractivity contribution < 1.29 is 4.79 Å². The highest BCUT2D eigenvalue weighted by atomic mass is 16.1. The molecule has 2 rings (SSSR count). The zero-order valence-electron chi connectivity index (χ0n) is 11.1. The van der Waals surface area contributed by atoms with Gasteiger partial charge < -0.3 is 5.32 Å². The summed E-state index contributed by atoms with van der Waals surface area (Å²) in [4.78, 5) is 16.2. The smallest absolute Gasteiger partial charge is 0.229 e. The third kappa shape index (κ3) is 3.69. The van der Waals surface area contributed by atoms with Gasteiger partial charge in [-0.2, -0.15) is 0 Å². The zero-order chi connectivity index (χ0) is 13.0. The Morgan fingerprint density at radius 3 is 2.83 bits per heavy atom. The molecule has 1 aromatic rings. The average Bonchev–Trinajstić information content (AvgIpc) is 2.28. The summed E-state index contributed by atoms with van der Waals surface area (Å²) in [6, 6.07) is 3.90. The Kier molecular flexibility index (Phi) is 4.13. The Bertz CT molecular complexity index is 457. The van der Waals surface area contributed by atoms with E-state index in [0.29, 0.717) is 12.2 Å². The topological polar surface area (TPSA) is 42.0 Å². The maximum Gasteiger partial charge on any atom is 0.229 e. The molecule has 3 heteroatoms. The van der Waals surface area contributed by atoms with Crippen LogP contribution in [-0.2, 0) is 4.79 Å². The van der Waals surface area contributed by atoms with Crippen LogP contribution in [0.25, 0.3) is 0 Å². The lowest BCUT2D eigenvalue weighted by molar-refractivity contribution is -0.115. The van der Waals surface area contributed by atoms with E-state index >= 15 is 0 Å². The molecule has 0 atom stereocenters. The molecule has 0 saturated heterocycles. The van der Waals surface area contributed by atoms with E-state index in [0.717, 1.165) is 24.1 Å². The fourth-order valence-corrected chi connectivity index (χ4v) is 2.36. The Morgan fingerprint density at radius 1 is 1.33 bits per heavy atom. The summed E-state index contributed by atoms with van der Waals surface area (Å²) in [5, 5.41) is 2.88. The summed E-state index contributed by atoms with van der Waals surface area (Å²) < 4.78 is 0. The first-order valence-electron chi connectivity index (χ1n) is 6.56. The number of nitrogens with zero attached hydrogens (tertiary/aromatic N) is 1. The number of pyridine rings is 1. The van der Waals surface area contributed by atoms with Gasteiger partial charge in [0.25, 0.3) is 0 Å². The van der Waals surface area contributed by atoms with Gasteiger partial charge in [-0.3, -0.25) is 4.79 Å². The largest absolute Gasteiger partial charge is 0.310 e. The molecule has 1 amide bonds. The quantitative estimate of drug-likeness (QED) is 0.826. The van der Waals surface area contributed by atoms with Gasteiger partial charge in [-0.05, 0) is 57.2 Å². The van der Waals surface area contributed by atoms with Gasteiger partial charge in [-0.25, -0.2) is 4.98 Å². The van der Waals surface area contributed by atoms with Gasteiger partial charge in [0.05, 0.1) is 0 Å². The van der Waals surface area contributed by atoms with E-state index in [1.165, 1.54) is 18.4 Å². The van der Waals surface area contributed by atoms with Crippen molar-refractivity contribution >= 4 is 11.7 Å². The monoisotopic (exact) mass is 244 g/mol. The maximum absolute atomic E-state index is 11.9. The van der Waals surface area contributed by atoms with Crippen LogP contribution in [0, 0.1) is 13.8 Å². The van der Waals surface area contributed by atoms with E-state index in [-0.39, 0.29) is 5.91 Å². The molecule has 96 valence electrons. The Balaban J connectivity index is 1.96. The van der Waals surface area contributed by atoms with E-state index in [1.807, 2.05) is 26.0 Å². The van der Waals surface area contributed by atoms with Crippen LogP contribution in [0.1, 0.15) is 43.4 Å². The summed E-state index contributed by atoms with van der Waals surface area (Å²) >= 11 is 0. The van der Waals surface area contributed by atoms with Crippen molar-refractivity contribution in [3.05, 3.63) is 35.0 Å². The molecule has 1 N–H and O–H groups in total. The van der Waals surface area contributed by atoms with Crippen LogP contribution in [-0.4, -0.2) is 10.9 Å². The molecule has 0 saturated carbocycles. The number of rotatable bonds is 3. The van der Waals surface area contributed by atoms with Crippen molar-refractivity contribution in [3.8, 4) is 0 Å². The van der Waals surface area contributed by atoms with Gasteiger partial charge >= 0.3 is 0 Å². The van der Waals surface area contributed by atoms with Gasteiger partial charge in [0, 0.05) is 12.1 Å². The Labute approximate surface area is 108 Å². The van der Waals surface area contributed by atoms with E-state index in [4.69, 9.17) is 0 Å². The highest BCUT2D eigenvalue weighted by Crippen LogP contribution is 2.20. The number of hydrogen-bond donors (Lipinski definition) is 1. The zero-order valence-corrected chi connectivity index (χ0v) is 11.1. The molecule has 0 spiro atoms. The molecule has 1 aliphatic rings. The maximum atomic E-state index is 11.9. The van der Waals surface area contributed by atoms with Crippen LogP contribution in [0.3, 0.4) is 0 Å². The summed E-state index contributed by atoms with van der Waals surface area (Å²) in [6.45, 7) is 3.94. The molecular formula is C15H20N2O. The molecule has 0 aliphatic heterocycles. The van der Waals surface area contributed by atoms with Crippen molar-refractivity contribution in [2.45, 2.75) is 46.0 Å². The number of nitrogens with one attached hydrogen (secondary N) is 1. The molecule has 1 aliphatic carbocycles. The molecule has 0 bridgehead atoms. The number of carbonyl (C=O) groups excluding carboxylic acids is 1. The molecule has 18 heavy (non-hydrogen) atoms. The van der Waals surface area contributed by atoms with Crippen LogP contribution in [0.5, 0.6) is 0 Å². The van der Waals surface area contributed by atoms with Crippen LogP contribution in [0.4, 0.5) is 5.82 Å². The SMILES string of the molecule is Cc1cc(C)nc(NC(=O)CC2=CCCCC2)c1. The molecule has 1 aromatic heterocycles. The van der Waals surface area contributed by atoms with Crippen molar-refractivity contribution in [1.29, 1.82) is 0 Å². The second-order valence-electron chi connectivity index (χ2n) is 5.00. The fourth-order valence-electron chi connectivity index (χ4n) is 2.36. The van der Waals surface area contributed by atoms with Crippen LogP contribution >= 0.6 is 0 Å². The first-order valence-corrected chi connectivity index (χ1v) is 6.56. The number of carbonyl (C=O) groups is 1. The lowest BCUT2D eigenvalue weighted by atomic mass is 9.97. The minimum absolute atomic E-state index is 0.0423. The summed E-state index contributed by atoms with van der Waals surface area (Å²) in [5.41, 5.74) is 3.32. The van der Waals surface area contributed by atoms with E-state index in [2.05, 4.69) is 16.4 Å². The molecule has 3 nitrogen and oxygen atoms in total. The highest BCUT2D eigenvalue weighted by molar-refractivity contribution is 5.91. The third-order valence-electron chi connectivity index (χ3n) is 3.14. The number of aryl methyl sites for hydroxylation is 2. The van der Waals surface area contributed by atoms with Crippen molar-refractivity contribution in [1.82, 2.24) is 4.98 Å². The van der Waals surface area contributed by atoms with Gasteiger partial charge in [0.2, 0.25) is 5.91 Å². The first-order chi connectivity index (χ1) is 8.63.